The fourth-order valence-electron chi connectivity index (χ4n) is 2.67. The zero-order valence-electron chi connectivity index (χ0n) is 12.8. The summed E-state index contributed by atoms with van der Waals surface area (Å²) >= 11 is 0. The molecule has 3 rings (SSSR count). The van der Waals surface area contributed by atoms with E-state index in [0.717, 1.165) is 30.7 Å². The number of methoxy groups -OCH3 is 2. The van der Waals surface area contributed by atoms with Crippen molar-refractivity contribution < 1.29 is 19.3 Å². The summed E-state index contributed by atoms with van der Waals surface area (Å²) in [4.78, 5) is 4.52. The molecule has 1 unspecified atom stereocenters. The van der Waals surface area contributed by atoms with Crippen molar-refractivity contribution in [1.29, 1.82) is 0 Å². The van der Waals surface area contributed by atoms with Gasteiger partial charge in [-0.2, -0.15) is 0 Å². The van der Waals surface area contributed by atoms with Crippen molar-refractivity contribution in [2.45, 2.75) is 25.7 Å². The Labute approximate surface area is 129 Å². The maximum absolute atomic E-state index is 9.55. The van der Waals surface area contributed by atoms with E-state index in [4.69, 9.17) is 14.2 Å². The van der Waals surface area contributed by atoms with Crippen LogP contribution in [0, 0.1) is 0 Å². The van der Waals surface area contributed by atoms with E-state index in [0.29, 0.717) is 17.3 Å². The Balaban J connectivity index is 2.01. The molecule has 0 bridgehead atoms. The van der Waals surface area contributed by atoms with Crippen LogP contribution >= 0.6 is 0 Å². The molecule has 1 aromatic carbocycles. The third-order valence-electron chi connectivity index (χ3n) is 3.81. The van der Waals surface area contributed by atoms with Crippen molar-refractivity contribution in [1.82, 2.24) is 9.55 Å². The van der Waals surface area contributed by atoms with Crippen molar-refractivity contribution in [3.05, 3.63) is 30.2 Å². The first-order valence-corrected chi connectivity index (χ1v) is 7.29. The average Bonchev–Trinajstić information content (AvgIpc) is 3.22. The number of rotatable bonds is 5. The summed E-state index contributed by atoms with van der Waals surface area (Å²) in [6.45, 7) is 0.622. The Morgan fingerprint density at radius 2 is 2.00 bits per heavy atom. The van der Waals surface area contributed by atoms with E-state index in [-0.39, 0.29) is 12.8 Å². The molecule has 0 amide bonds. The number of hydrogen-bond donors (Lipinski definition) is 1. The summed E-state index contributed by atoms with van der Waals surface area (Å²) in [5, 5.41) is 9.55. The predicted octanol–water partition coefficient (Wildman–Crippen LogP) is 2.37. The highest BCUT2D eigenvalue weighted by molar-refractivity contribution is 5.63. The van der Waals surface area contributed by atoms with Gasteiger partial charge in [-0.1, -0.05) is 0 Å². The molecule has 1 atom stereocenters. The van der Waals surface area contributed by atoms with Gasteiger partial charge in [-0.15, -0.1) is 0 Å². The molecule has 1 aliphatic rings. The highest BCUT2D eigenvalue weighted by atomic mass is 16.5. The molecule has 1 saturated heterocycles. The number of ether oxygens (including phenoxy) is 3. The van der Waals surface area contributed by atoms with Crippen LogP contribution in [0.15, 0.2) is 24.4 Å². The second-order valence-corrected chi connectivity index (χ2v) is 5.18. The lowest BCUT2D eigenvalue weighted by molar-refractivity contribution is 0.0511. The molecule has 0 aliphatic carbocycles. The minimum atomic E-state index is -0.124. The minimum Gasteiger partial charge on any atom is -0.497 e. The molecule has 6 nitrogen and oxygen atoms in total. The van der Waals surface area contributed by atoms with Gasteiger partial charge in [0.2, 0.25) is 0 Å². The van der Waals surface area contributed by atoms with Crippen molar-refractivity contribution >= 4 is 0 Å². The first-order chi connectivity index (χ1) is 10.7. The number of aromatic nitrogens is 2. The molecule has 0 spiro atoms. The first-order valence-electron chi connectivity index (χ1n) is 7.29. The summed E-state index contributed by atoms with van der Waals surface area (Å²) < 4.78 is 18.2. The summed E-state index contributed by atoms with van der Waals surface area (Å²) in [6.07, 6.45) is 3.83. The normalized spacial score (nSPS) is 17.7. The van der Waals surface area contributed by atoms with Crippen LogP contribution < -0.4 is 9.47 Å². The van der Waals surface area contributed by atoms with Gasteiger partial charge in [0.05, 0.1) is 19.9 Å². The van der Waals surface area contributed by atoms with Crippen LogP contribution in [0.4, 0.5) is 0 Å². The van der Waals surface area contributed by atoms with Crippen LogP contribution in [0.3, 0.4) is 0 Å². The smallest absolute Gasteiger partial charge is 0.137 e. The van der Waals surface area contributed by atoms with Crippen LogP contribution in [0.25, 0.3) is 11.3 Å². The van der Waals surface area contributed by atoms with Crippen LogP contribution in [0.2, 0.25) is 0 Å². The Kier molecular flexibility index (Phi) is 4.31. The zero-order valence-corrected chi connectivity index (χ0v) is 12.8. The summed E-state index contributed by atoms with van der Waals surface area (Å²) in [5.74, 6) is 2.00. The average molecular weight is 306 g/mol. The van der Waals surface area contributed by atoms with E-state index in [1.165, 1.54) is 0 Å². The lowest BCUT2D eigenvalue weighted by Gasteiger charge is -2.13. The number of imidazole rings is 1. The molecule has 1 aliphatic heterocycles. The molecule has 1 fully saturated rings. The Bertz CT molecular complexity index is 625. The van der Waals surface area contributed by atoms with Crippen molar-refractivity contribution in [3.63, 3.8) is 0 Å². The maximum Gasteiger partial charge on any atom is 0.137 e. The van der Waals surface area contributed by atoms with Gasteiger partial charge in [-0.3, -0.25) is 0 Å². The molecular formula is C16H20N2O4. The number of aliphatic hydroxyl groups is 1. The van der Waals surface area contributed by atoms with E-state index in [2.05, 4.69) is 4.98 Å². The number of benzene rings is 1. The molecular weight excluding hydrogens is 286 g/mol. The quantitative estimate of drug-likeness (QED) is 0.918. The van der Waals surface area contributed by atoms with Gasteiger partial charge in [0.15, 0.2) is 0 Å². The van der Waals surface area contributed by atoms with E-state index < -0.39 is 0 Å². The molecule has 2 aromatic rings. The monoisotopic (exact) mass is 306 g/mol. The number of nitrogens with zero attached hydrogens (tertiary/aromatic N) is 2. The predicted molar refractivity (Wildman–Crippen MR) is 80.9 cm³/mol. The molecule has 1 aromatic heterocycles. The highest BCUT2D eigenvalue weighted by Crippen LogP contribution is 2.32. The van der Waals surface area contributed by atoms with E-state index >= 15 is 0 Å². The van der Waals surface area contributed by atoms with Gasteiger partial charge in [-0.05, 0) is 25.0 Å². The SMILES string of the molecule is COc1cc(OC)cc(-c2cn(C3CCCO3)c([14CH2]O)n2)c1. The zero-order chi connectivity index (χ0) is 15.5. The fourth-order valence-corrected chi connectivity index (χ4v) is 2.67. The standard InChI is InChI=1S/C16H20N2O4/c1-20-12-6-11(7-13(8-12)21-2)14-9-18(15(10-19)17-14)16-4-3-5-22-16/h6-9,16,19H,3-5,10H2,1-2H3/i10+2. The Hall–Kier alpha value is -2.05. The molecule has 1 N–H and O–H groups in total. The van der Waals surface area contributed by atoms with Crippen LogP contribution in [0.5, 0.6) is 11.5 Å². The van der Waals surface area contributed by atoms with Crippen LogP contribution in [-0.2, 0) is 11.3 Å². The van der Waals surface area contributed by atoms with E-state index in [9.17, 15) is 5.11 Å². The van der Waals surface area contributed by atoms with Crippen molar-refractivity contribution in [2.75, 3.05) is 20.8 Å². The lowest BCUT2D eigenvalue weighted by atomic mass is 10.1. The molecule has 22 heavy (non-hydrogen) atoms. The molecule has 2 heterocycles. The summed E-state index contributed by atoms with van der Waals surface area (Å²) in [6, 6.07) is 5.60. The topological polar surface area (TPSA) is 65.7 Å². The Morgan fingerprint density at radius 1 is 1.27 bits per heavy atom. The third-order valence-corrected chi connectivity index (χ3v) is 3.81. The second kappa shape index (κ2) is 6.37. The van der Waals surface area contributed by atoms with Gasteiger partial charge >= 0.3 is 0 Å². The lowest BCUT2D eigenvalue weighted by Crippen LogP contribution is -2.10. The van der Waals surface area contributed by atoms with Gasteiger partial charge < -0.3 is 23.9 Å². The second-order valence-electron chi connectivity index (χ2n) is 5.18. The largest absolute Gasteiger partial charge is 0.497 e. The molecule has 0 radical (unpaired) electrons. The van der Waals surface area contributed by atoms with Gasteiger partial charge in [0.25, 0.3) is 0 Å². The van der Waals surface area contributed by atoms with E-state index in [1.54, 1.807) is 14.2 Å². The molecule has 118 valence electrons. The highest BCUT2D eigenvalue weighted by Gasteiger charge is 2.21. The summed E-state index contributed by atoms with van der Waals surface area (Å²) in [5.41, 5.74) is 1.64. The number of aliphatic hydroxyl groups excluding tert-OH is 1. The van der Waals surface area contributed by atoms with Gasteiger partial charge in [0.1, 0.15) is 30.2 Å². The number of hydrogen-bond acceptors (Lipinski definition) is 5. The van der Waals surface area contributed by atoms with Gasteiger partial charge in [0, 0.05) is 24.4 Å². The molecule has 0 saturated carbocycles. The maximum atomic E-state index is 9.55. The third kappa shape index (κ3) is 2.80. The minimum absolute atomic E-state index is 0.0455. The first kappa shape index (κ1) is 14.9. The van der Waals surface area contributed by atoms with Crippen molar-refractivity contribution in [2.24, 2.45) is 0 Å². The Morgan fingerprint density at radius 3 is 2.55 bits per heavy atom. The fraction of sp³-hybridized carbons (Fsp3) is 0.438. The summed E-state index contributed by atoms with van der Waals surface area (Å²) in [7, 11) is 3.23. The van der Waals surface area contributed by atoms with Gasteiger partial charge in [-0.25, -0.2) is 4.98 Å². The van der Waals surface area contributed by atoms with Crippen LogP contribution in [0.1, 0.15) is 24.9 Å². The molecule has 6 heteroatoms. The van der Waals surface area contributed by atoms with Crippen LogP contribution in [-0.4, -0.2) is 35.5 Å². The van der Waals surface area contributed by atoms with E-state index in [1.807, 2.05) is 29.0 Å². The van der Waals surface area contributed by atoms with Crippen molar-refractivity contribution in [3.8, 4) is 22.8 Å².